The minimum absolute atomic E-state index is 0.192. The van der Waals surface area contributed by atoms with Crippen molar-refractivity contribution >= 4 is 10.0 Å². The summed E-state index contributed by atoms with van der Waals surface area (Å²) < 4.78 is 26.5. The molecule has 1 aliphatic heterocycles. The molecule has 1 saturated heterocycles. The molecular weight excluding hydrogens is 272 g/mol. The smallest absolute Gasteiger partial charge is 0.214 e. The zero-order chi connectivity index (χ0) is 14.4. The van der Waals surface area contributed by atoms with E-state index in [1.165, 1.54) is 0 Å². The Bertz CT molecular complexity index is 496. The molecule has 20 heavy (non-hydrogen) atoms. The highest BCUT2D eigenvalue weighted by Gasteiger charge is 2.25. The lowest BCUT2D eigenvalue weighted by Gasteiger charge is -2.23. The lowest BCUT2D eigenvalue weighted by Crippen LogP contribution is -2.42. The van der Waals surface area contributed by atoms with E-state index in [1.807, 2.05) is 37.3 Å². The molecule has 1 aromatic carbocycles. The van der Waals surface area contributed by atoms with Crippen molar-refractivity contribution in [2.45, 2.75) is 32.2 Å². The van der Waals surface area contributed by atoms with Crippen molar-refractivity contribution in [1.82, 2.24) is 9.62 Å². The van der Waals surface area contributed by atoms with Crippen LogP contribution < -0.4 is 5.32 Å². The van der Waals surface area contributed by atoms with Gasteiger partial charge in [-0.15, -0.1) is 0 Å². The molecule has 0 saturated carbocycles. The molecule has 4 nitrogen and oxygen atoms in total. The number of sulfonamides is 1. The monoisotopic (exact) mass is 296 g/mol. The fourth-order valence-electron chi connectivity index (χ4n) is 2.62. The summed E-state index contributed by atoms with van der Waals surface area (Å²) in [6.07, 6.45) is 2.80. The van der Waals surface area contributed by atoms with E-state index in [0.717, 1.165) is 24.9 Å². The van der Waals surface area contributed by atoms with Gasteiger partial charge in [-0.3, -0.25) is 0 Å². The van der Waals surface area contributed by atoms with Crippen molar-refractivity contribution in [1.29, 1.82) is 0 Å². The molecular formula is C15H24N2O2S. The molecule has 1 fully saturated rings. The number of likely N-dealkylation sites (N-methyl/N-ethyl adjacent to an activating group) is 1. The molecule has 1 atom stereocenters. The molecule has 0 bridgehead atoms. The maximum Gasteiger partial charge on any atom is 0.214 e. The summed E-state index contributed by atoms with van der Waals surface area (Å²) in [6.45, 7) is 4.07. The fraction of sp³-hybridized carbons (Fsp3) is 0.600. The van der Waals surface area contributed by atoms with Crippen LogP contribution in [-0.2, 0) is 16.4 Å². The van der Waals surface area contributed by atoms with Gasteiger partial charge >= 0.3 is 0 Å². The highest BCUT2D eigenvalue weighted by Crippen LogP contribution is 2.12. The van der Waals surface area contributed by atoms with Crippen molar-refractivity contribution in [3.8, 4) is 0 Å². The summed E-state index contributed by atoms with van der Waals surface area (Å²) in [5.74, 6) is 0.192. The molecule has 1 aromatic rings. The van der Waals surface area contributed by atoms with Gasteiger partial charge in [0.2, 0.25) is 10.0 Å². The minimum Gasteiger partial charge on any atom is -0.313 e. The maximum absolute atomic E-state index is 12.4. The predicted molar refractivity (Wildman–Crippen MR) is 82.2 cm³/mol. The molecule has 0 aliphatic carbocycles. The Kier molecular flexibility index (Phi) is 5.57. The van der Waals surface area contributed by atoms with Crippen molar-refractivity contribution < 1.29 is 8.42 Å². The predicted octanol–water partition coefficient (Wildman–Crippen LogP) is 1.63. The lowest BCUT2D eigenvalue weighted by atomic mass is 10.2. The average Bonchev–Trinajstić information content (AvgIpc) is 2.97. The Morgan fingerprint density at radius 1 is 1.30 bits per heavy atom. The first kappa shape index (κ1) is 15.5. The summed E-state index contributed by atoms with van der Waals surface area (Å²) >= 11 is 0. The molecule has 0 radical (unpaired) electrons. The van der Waals surface area contributed by atoms with Crippen LogP contribution in [0.25, 0.3) is 0 Å². The zero-order valence-electron chi connectivity index (χ0n) is 12.1. The standard InChI is InChI=1S/C15H24N2O2S/c1-2-17(13-15-9-6-11-16-15)20(18,19)12-10-14-7-4-3-5-8-14/h3-5,7-8,15-16H,2,6,9-13H2,1H3. The van der Waals surface area contributed by atoms with Gasteiger partial charge in [-0.1, -0.05) is 37.3 Å². The van der Waals surface area contributed by atoms with Gasteiger partial charge in [-0.05, 0) is 31.4 Å². The number of aryl methyl sites for hydroxylation is 1. The van der Waals surface area contributed by atoms with Gasteiger partial charge < -0.3 is 5.32 Å². The summed E-state index contributed by atoms with van der Waals surface area (Å²) in [7, 11) is -3.16. The van der Waals surface area contributed by atoms with Crippen LogP contribution in [0.2, 0.25) is 0 Å². The van der Waals surface area contributed by atoms with Gasteiger partial charge in [0.05, 0.1) is 5.75 Å². The second-order valence-electron chi connectivity index (χ2n) is 5.30. The summed E-state index contributed by atoms with van der Waals surface area (Å²) in [5.41, 5.74) is 1.08. The SMILES string of the molecule is CCN(CC1CCCN1)S(=O)(=O)CCc1ccccc1. The zero-order valence-corrected chi connectivity index (χ0v) is 12.9. The molecule has 0 spiro atoms. The van der Waals surface area contributed by atoms with E-state index in [4.69, 9.17) is 0 Å². The van der Waals surface area contributed by atoms with Crippen LogP contribution in [0.1, 0.15) is 25.3 Å². The van der Waals surface area contributed by atoms with Crippen LogP contribution in [0.3, 0.4) is 0 Å². The fourth-order valence-corrected chi connectivity index (χ4v) is 4.17. The molecule has 0 amide bonds. The van der Waals surface area contributed by atoms with E-state index in [2.05, 4.69) is 5.32 Å². The first-order valence-corrected chi connectivity index (χ1v) is 8.98. The van der Waals surface area contributed by atoms with Crippen LogP contribution >= 0.6 is 0 Å². The molecule has 0 aromatic heterocycles. The lowest BCUT2D eigenvalue weighted by molar-refractivity contribution is 0.383. The van der Waals surface area contributed by atoms with E-state index in [1.54, 1.807) is 4.31 Å². The van der Waals surface area contributed by atoms with Crippen molar-refractivity contribution in [2.24, 2.45) is 0 Å². The number of hydrogen-bond donors (Lipinski definition) is 1. The highest BCUT2D eigenvalue weighted by molar-refractivity contribution is 7.89. The highest BCUT2D eigenvalue weighted by atomic mass is 32.2. The minimum atomic E-state index is -3.16. The topological polar surface area (TPSA) is 49.4 Å². The summed E-state index contributed by atoms with van der Waals surface area (Å²) in [4.78, 5) is 0. The number of rotatable bonds is 7. The van der Waals surface area contributed by atoms with Crippen LogP contribution in [0, 0.1) is 0 Å². The van der Waals surface area contributed by atoms with Crippen LogP contribution in [0.4, 0.5) is 0 Å². The van der Waals surface area contributed by atoms with Crippen molar-refractivity contribution in [3.63, 3.8) is 0 Å². The van der Waals surface area contributed by atoms with Crippen LogP contribution in [0.5, 0.6) is 0 Å². The van der Waals surface area contributed by atoms with Crippen LogP contribution in [-0.4, -0.2) is 44.2 Å². The van der Waals surface area contributed by atoms with Gasteiger partial charge in [0, 0.05) is 19.1 Å². The Hall–Kier alpha value is -0.910. The first-order valence-electron chi connectivity index (χ1n) is 7.37. The van der Waals surface area contributed by atoms with Gasteiger partial charge in [0.15, 0.2) is 0 Å². The van der Waals surface area contributed by atoms with Gasteiger partial charge in [0.25, 0.3) is 0 Å². The van der Waals surface area contributed by atoms with Gasteiger partial charge in [-0.2, -0.15) is 0 Å². The quantitative estimate of drug-likeness (QED) is 0.832. The second-order valence-corrected chi connectivity index (χ2v) is 7.38. The third-order valence-corrected chi connectivity index (χ3v) is 5.74. The van der Waals surface area contributed by atoms with Crippen molar-refractivity contribution in [2.75, 3.05) is 25.4 Å². The Morgan fingerprint density at radius 3 is 2.65 bits per heavy atom. The Labute approximate surface area is 122 Å². The van der Waals surface area contributed by atoms with E-state index in [0.29, 0.717) is 25.6 Å². The van der Waals surface area contributed by atoms with Gasteiger partial charge in [0.1, 0.15) is 0 Å². The largest absolute Gasteiger partial charge is 0.313 e. The third kappa shape index (κ3) is 4.30. The maximum atomic E-state index is 12.4. The summed E-state index contributed by atoms with van der Waals surface area (Å²) in [6, 6.07) is 10.1. The molecule has 1 heterocycles. The van der Waals surface area contributed by atoms with Gasteiger partial charge in [-0.25, -0.2) is 12.7 Å². The number of hydrogen-bond acceptors (Lipinski definition) is 3. The third-order valence-electron chi connectivity index (χ3n) is 3.82. The second kappa shape index (κ2) is 7.20. The molecule has 1 unspecified atom stereocenters. The van der Waals surface area contributed by atoms with E-state index in [-0.39, 0.29) is 5.75 Å². The average molecular weight is 296 g/mol. The number of benzene rings is 1. The van der Waals surface area contributed by atoms with E-state index in [9.17, 15) is 8.42 Å². The normalized spacial score (nSPS) is 19.6. The van der Waals surface area contributed by atoms with Crippen LogP contribution in [0.15, 0.2) is 30.3 Å². The number of nitrogens with one attached hydrogen (secondary N) is 1. The molecule has 5 heteroatoms. The molecule has 2 rings (SSSR count). The summed E-state index contributed by atoms with van der Waals surface area (Å²) in [5, 5.41) is 3.36. The Morgan fingerprint density at radius 2 is 2.05 bits per heavy atom. The first-order chi connectivity index (χ1) is 9.62. The molecule has 1 aliphatic rings. The number of nitrogens with zero attached hydrogens (tertiary/aromatic N) is 1. The molecule has 112 valence electrons. The molecule has 1 N–H and O–H groups in total. The van der Waals surface area contributed by atoms with E-state index >= 15 is 0 Å². The van der Waals surface area contributed by atoms with Crippen molar-refractivity contribution in [3.05, 3.63) is 35.9 Å². The Balaban J connectivity index is 1.92. The van der Waals surface area contributed by atoms with E-state index < -0.39 is 10.0 Å².